The predicted octanol–water partition coefficient (Wildman–Crippen LogP) is 2.04. The molecule has 0 unspecified atom stereocenters. The number of halogens is 1. The summed E-state index contributed by atoms with van der Waals surface area (Å²) in [7, 11) is -2.39. The van der Waals surface area contributed by atoms with Gasteiger partial charge in [-0.3, -0.25) is 0 Å². The Balaban J connectivity index is 1.33. The summed E-state index contributed by atoms with van der Waals surface area (Å²) in [5, 5.41) is 13.2. The quantitative estimate of drug-likeness (QED) is 0.633. The van der Waals surface area contributed by atoms with Crippen molar-refractivity contribution in [2.75, 3.05) is 25.0 Å². The molecule has 3 heterocycles. The number of rotatable bonds is 5. The number of nitrogens with zero attached hydrogens (tertiary/aromatic N) is 6. The molecule has 1 aliphatic carbocycles. The average Bonchev–Trinajstić information content (AvgIpc) is 3.02. The number of fused-ring (bicyclic) bond motifs is 1. The average molecular weight is 416 g/mol. The molecule has 0 spiro atoms. The second kappa shape index (κ2) is 6.74. The topological polar surface area (TPSA) is 83.7 Å². The number of hydrogen-bond donors (Lipinski definition) is 0. The van der Waals surface area contributed by atoms with Crippen LogP contribution >= 0.6 is 0 Å². The summed E-state index contributed by atoms with van der Waals surface area (Å²) in [5.41, 5.74) is 0.715. The van der Waals surface area contributed by atoms with Gasteiger partial charge in [-0.1, -0.05) is 18.6 Å². The molecule has 29 heavy (non-hydrogen) atoms. The molecule has 1 saturated heterocycles. The molecule has 10 heteroatoms. The van der Waals surface area contributed by atoms with Crippen molar-refractivity contribution in [3.8, 4) is 0 Å². The van der Waals surface area contributed by atoms with Crippen LogP contribution in [-0.4, -0.2) is 58.7 Å². The largest absolute Gasteiger partial charge is 0.352 e. The van der Waals surface area contributed by atoms with E-state index in [4.69, 9.17) is 0 Å². The maximum Gasteiger partial charge on any atom is 0.246 e. The molecule has 1 aromatic carbocycles. The van der Waals surface area contributed by atoms with E-state index >= 15 is 0 Å². The highest BCUT2D eigenvalue weighted by Gasteiger charge is 2.38. The highest BCUT2D eigenvalue weighted by Crippen LogP contribution is 2.35. The number of benzene rings is 1. The van der Waals surface area contributed by atoms with Crippen molar-refractivity contribution < 1.29 is 12.8 Å². The van der Waals surface area contributed by atoms with Crippen LogP contribution < -0.4 is 4.90 Å². The predicted molar refractivity (Wildman–Crippen MR) is 105 cm³/mol. The van der Waals surface area contributed by atoms with Crippen LogP contribution in [0.2, 0.25) is 0 Å². The van der Waals surface area contributed by atoms with Crippen molar-refractivity contribution in [1.29, 1.82) is 0 Å². The lowest BCUT2D eigenvalue weighted by atomic mass is 9.85. The molecule has 2 aromatic heterocycles. The Morgan fingerprint density at radius 3 is 2.55 bits per heavy atom. The first-order valence-electron chi connectivity index (χ1n) is 9.65. The van der Waals surface area contributed by atoms with Crippen molar-refractivity contribution in [1.82, 2.24) is 24.1 Å². The van der Waals surface area contributed by atoms with Crippen LogP contribution in [0.3, 0.4) is 0 Å². The Labute approximate surface area is 168 Å². The van der Waals surface area contributed by atoms with E-state index in [1.807, 2.05) is 17.0 Å². The molecule has 152 valence electrons. The summed E-state index contributed by atoms with van der Waals surface area (Å²) in [5.74, 6) is 1.32. The minimum atomic E-state index is -3.89. The van der Waals surface area contributed by atoms with E-state index in [2.05, 4.69) is 15.3 Å². The molecule has 2 fully saturated rings. The first kappa shape index (κ1) is 18.4. The number of anilines is 1. The van der Waals surface area contributed by atoms with Crippen molar-refractivity contribution in [2.45, 2.75) is 36.1 Å². The Hall–Kier alpha value is -2.59. The fourth-order valence-electron chi connectivity index (χ4n) is 3.76. The van der Waals surface area contributed by atoms with Gasteiger partial charge in [-0.15, -0.1) is 15.3 Å². The van der Waals surface area contributed by atoms with Crippen molar-refractivity contribution in [3.05, 3.63) is 48.0 Å². The van der Waals surface area contributed by atoms with Crippen LogP contribution in [0.15, 0.2) is 41.3 Å². The Kier molecular flexibility index (Phi) is 4.28. The highest BCUT2D eigenvalue weighted by atomic mass is 32.2. The van der Waals surface area contributed by atoms with Gasteiger partial charge in [0.1, 0.15) is 16.5 Å². The van der Waals surface area contributed by atoms with E-state index in [0.29, 0.717) is 24.7 Å². The molecule has 0 N–H and O–H groups in total. The summed E-state index contributed by atoms with van der Waals surface area (Å²) in [6.07, 6.45) is 3.42. The first-order chi connectivity index (χ1) is 13.9. The van der Waals surface area contributed by atoms with Crippen LogP contribution in [-0.2, 0) is 10.0 Å². The standard InChI is InChI=1S/C19H21FN6O2S/c1-24(29(27,28)16-8-3-2-7-15(16)20)14-11-25(12-14)18-10-9-17-21-22-19(26(17)23-18)13-5-4-6-13/h2-3,7-10,13-14H,4-6,11-12H2,1H3. The second-order valence-electron chi connectivity index (χ2n) is 7.66. The second-order valence-corrected chi connectivity index (χ2v) is 9.62. The van der Waals surface area contributed by atoms with Crippen LogP contribution in [0.25, 0.3) is 5.65 Å². The van der Waals surface area contributed by atoms with Gasteiger partial charge in [-0.25, -0.2) is 12.8 Å². The Morgan fingerprint density at radius 2 is 1.86 bits per heavy atom. The number of likely N-dealkylation sites (N-methyl/N-ethyl adjacent to an activating group) is 1. The van der Waals surface area contributed by atoms with Gasteiger partial charge in [0, 0.05) is 26.1 Å². The van der Waals surface area contributed by atoms with E-state index in [9.17, 15) is 12.8 Å². The zero-order valence-corrected chi connectivity index (χ0v) is 16.8. The van der Waals surface area contributed by atoms with Crippen LogP contribution in [0.5, 0.6) is 0 Å². The Morgan fingerprint density at radius 1 is 1.10 bits per heavy atom. The molecule has 0 atom stereocenters. The molecule has 0 amide bonds. The third kappa shape index (κ3) is 2.98. The van der Waals surface area contributed by atoms with E-state index in [0.717, 1.165) is 30.6 Å². The molecular weight excluding hydrogens is 395 g/mol. The van der Waals surface area contributed by atoms with Gasteiger partial charge in [0.25, 0.3) is 0 Å². The summed E-state index contributed by atoms with van der Waals surface area (Å²) in [6, 6.07) is 8.95. The molecular formula is C19H21FN6O2S. The zero-order valence-electron chi connectivity index (χ0n) is 15.9. The van der Waals surface area contributed by atoms with Gasteiger partial charge < -0.3 is 4.90 Å². The number of aromatic nitrogens is 4. The smallest absolute Gasteiger partial charge is 0.246 e. The summed E-state index contributed by atoms with van der Waals surface area (Å²) in [4.78, 5) is 1.71. The van der Waals surface area contributed by atoms with Gasteiger partial charge in [0.2, 0.25) is 10.0 Å². The molecule has 3 aromatic rings. The fourth-order valence-corrected chi connectivity index (χ4v) is 5.16. The van der Waals surface area contributed by atoms with Gasteiger partial charge in [0.05, 0.1) is 6.04 Å². The van der Waals surface area contributed by atoms with Crippen LogP contribution in [0.1, 0.15) is 31.0 Å². The highest BCUT2D eigenvalue weighted by molar-refractivity contribution is 7.89. The van der Waals surface area contributed by atoms with Crippen molar-refractivity contribution in [2.24, 2.45) is 0 Å². The minimum Gasteiger partial charge on any atom is -0.352 e. The van der Waals surface area contributed by atoms with E-state index < -0.39 is 15.8 Å². The van der Waals surface area contributed by atoms with Gasteiger partial charge in [-0.2, -0.15) is 8.82 Å². The van der Waals surface area contributed by atoms with E-state index in [1.165, 1.54) is 36.0 Å². The van der Waals surface area contributed by atoms with Crippen LogP contribution in [0.4, 0.5) is 10.2 Å². The lowest BCUT2D eigenvalue weighted by Gasteiger charge is -2.43. The molecule has 2 aliphatic rings. The third-order valence-electron chi connectivity index (χ3n) is 5.94. The SMILES string of the molecule is CN(C1CN(c2ccc3nnc(C4CCC4)n3n2)C1)S(=O)(=O)c1ccccc1F. The monoisotopic (exact) mass is 416 g/mol. The first-order valence-corrected chi connectivity index (χ1v) is 11.1. The van der Waals surface area contributed by atoms with Crippen molar-refractivity contribution in [3.63, 3.8) is 0 Å². The maximum absolute atomic E-state index is 14.0. The lowest BCUT2D eigenvalue weighted by molar-refractivity contribution is 0.307. The van der Waals surface area contributed by atoms with Gasteiger partial charge >= 0.3 is 0 Å². The molecule has 0 bridgehead atoms. The normalized spacial score (nSPS) is 18.2. The molecule has 1 aliphatic heterocycles. The van der Waals surface area contributed by atoms with Crippen molar-refractivity contribution >= 4 is 21.5 Å². The molecule has 5 rings (SSSR count). The molecule has 0 radical (unpaired) electrons. The molecule has 1 saturated carbocycles. The Bertz CT molecular complexity index is 1170. The zero-order chi connectivity index (χ0) is 20.2. The van der Waals surface area contributed by atoms with E-state index in [-0.39, 0.29) is 10.9 Å². The summed E-state index contributed by atoms with van der Waals surface area (Å²) >= 11 is 0. The van der Waals surface area contributed by atoms with Gasteiger partial charge in [-0.05, 0) is 37.1 Å². The van der Waals surface area contributed by atoms with Crippen LogP contribution in [0, 0.1) is 5.82 Å². The fraction of sp³-hybridized carbons (Fsp3) is 0.421. The molecule has 8 nitrogen and oxygen atoms in total. The summed E-state index contributed by atoms with van der Waals surface area (Å²) in [6.45, 7) is 0.979. The number of hydrogen-bond acceptors (Lipinski definition) is 6. The third-order valence-corrected chi connectivity index (χ3v) is 7.88. The van der Waals surface area contributed by atoms with E-state index in [1.54, 1.807) is 4.52 Å². The lowest BCUT2D eigenvalue weighted by Crippen LogP contribution is -2.60. The summed E-state index contributed by atoms with van der Waals surface area (Å²) < 4.78 is 42.6. The number of sulfonamides is 1. The minimum absolute atomic E-state index is 0.246. The van der Waals surface area contributed by atoms with Gasteiger partial charge in [0.15, 0.2) is 11.5 Å². The maximum atomic E-state index is 14.0.